The van der Waals surface area contributed by atoms with Gasteiger partial charge in [-0.05, 0) is 117 Å². The number of imidazole rings is 4. The number of hydrogen-bond donors (Lipinski definition) is 0. The highest BCUT2D eigenvalue weighted by atomic mass is 15.4. The summed E-state index contributed by atoms with van der Waals surface area (Å²) in [6.07, 6.45) is 41.1. The molecular formula is C95H166N16. The Labute approximate surface area is 680 Å². The van der Waals surface area contributed by atoms with Crippen molar-refractivity contribution in [2.75, 3.05) is 0 Å². The second-order valence-electron chi connectivity index (χ2n) is 33.0. The molecule has 0 unspecified atom stereocenters. The summed E-state index contributed by atoms with van der Waals surface area (Å²) >= 11 is 0. The molecule has 111 heavy (non-hydrogen) atoms. The van der Waals surface area contributed by atoms with Gasteiger partial charge in [-0.3, -0.25) is 14.1 Å². The Hall–Kier alpha value is -9.18. The molecule has 0 atom stereocenters. The lowest BCUT2D eigenvalue weighted by molar-refractivity contribution is 0.469. The van der Waals surface area contributed by atoms with E-state index in [0.717, 1.165) is 39.8 Å². The van der Waals surface area contributed by atoms with Crippen molar-refractivity contribution in [2.24, 2.45) is 45.5 Å². The molecule has 0 aliphatic carbocycles. The van der Waals surface area contributed by atoms with Crippen LogP contribution in [-0.4, -0.2) is 75.7 Å². The quantitative estimate of drug-likeness (QED) is 0.146. The average molecular weight is 1530 g/mol. The van der Waals surface area contributed by atoms with E-state index in [1.165, 1.54) is 5.52 Å². The first-order chi connectivity index (χ1) is 51.9. The molecule has 626 valence electrons. The van der Waals surface area contributed by atoms with Gasteiger partial charge in [0.05, 0.1) is 11.7 Å². The molecule has 0 aliphatic heterocycles. The lowest BCUT2D eigenvalue weighted by Crippen LogP contribution is -1.93. The first-order valence-electron chi connectivity index (χ1n) is 40.5. The highest BCUT2D eigenvalue weighted by Gasteiger charge is 2.00. The van der Waals surface area contributed by atoms with Crippen LogP contribution in [0.25, 0.3) is 39.4 Å². The minimum Gasteiger partial charge on any atom is -0.324 e. The van der Waals surface area contributed by atoms with E-state index < -0.39 is 0 Å². The lowest BCUT2D eigenvalue weighted by Gasteiger charge is -2.05. The van der Waals surface area contributed by atoms with Gasteiger partial charge in [-0.1, -0.05) is 302 Å². The van der Waals surface area contributed by atoms with Crippen LogP contribution in [-0.2, 0) is 7.05 Å². The molecule has 0 aromatic carbocycles. The highest BCUT2D eigenvalue weighted by Crippen LogP contribution is 2.12. The van der Waals surface area contributed by atoms with Crippen molar-refractivity contribution in [2.45, 2.75) is 284 Å². The van der Waals surface area contributed by atoms with Gasteiger partial charge in [-0.15, -0.1) is 0 Å². The maximum Gasteiger partial charge on any atom is 0.233 e. The standard InChI is InChI=1S/C8H7N.3C7H6N2.C6H7N3.2C6H5N3.6C5H12.C4H10.7C2H6/c1-2-6-9-7-3-5-8(9)4-1;1-3-7-8-4-2-6-9(7)5-1;1-2-6-9-7(3-1)4-5-8-9;1-2-5-9-6-4-8-7(9)3-1;1-8-4-2-6-7-3-5-9(6)8;1-3-9-4-2-8-6(9)5-7-1;1-2-7-6-8-3-5-9(6)4-1;6*1-5(2,3)4;1-4(2)3;7*1-2/h1-7H;3*1-6H;2-5H,1H3;2*1-5H;6*1-4H3;4H,1-3H3;7*1-2H3. The van der Waals surface area contributed by atoms with Crippen LogP contribution in [0.15, 0.2) is 239 Å². The largest absolute Gasteiger partial charge is 0.324 e. The Morgan fingerprint density at radius 3 is 1.01 bits per heavy atom. The van der Waals surface area contributed by atoms with Gasteiger partial charge in [0.2, 0.25) is 5.78 Å². The third-order valence-corrected chi connectivity index (χ3v) is 9.14. The summed E-state index contributed by atoms with van der Waals surface area (Å²) in [5, 5.41) is 4.04. The summed E-state index contributed by atoms with van der Waals surface area (Å²) in [6, 6.07) is 33.8. The maximum atomic E-state index is 4.10. The van der Waals surface area contributed by atoms with E-state index in [0.29, 0.717) is 32.5 Å². The second-order valence-corrected chi connectivity index (χ2v) is 33.0. The van der Waals surface area contributed by atoms with Crippen molar-refractivity contribution in [3.8, 4) is 0 Å². The van der Waals surface area contributed by atoms with Gasteiger partial charge in [0.25, 0.3) is 0 Å². The lowest BCUT2D eigenvalue weighted by atomic mass is 10.0. The van der Waals surface area contributed by atoms with E-state index in [9.17, 15) is 0 Å². The fraction of sp³-hybridized carbons (Fsp3) is 0.516. The molecule has 0 fully saturated rings. The van der Waals surface area contributed by atoms with E-state index in [4.69, 9.17) is 0 Å². The molecule has 0 spiro atoms. The Kier molecular flexibility index (Phi) is 70.2. The number of rotatable bonds is 0. The van der Waals surface area contributed by atoms with Crippen LogP contribution in [0.1, 0.15) is 284 Å². The molecule has 14 aromatic rings. The number of aryl methyl sites for hydroxylation is 1. The summed E-state index contributed by atoms with van der Waals surface area (Å²) in [4.78, 5) is 28.2. The normalized spacial score (nSPS) is 9.79. The smallest absolute Gasteiger partial charge is 0.233 e. The molecule has 14 heterocycles. The molecule has 0 saturated heterocycles. The van der Waals surface area contributed by atoms with Gasteiger partial charge in [0.15, 0.2) is 11.3 Å². The zero-order valence-electron chi connectivity index (χ0n) is 78.7. The van der Waals surface area contributed by atoms with Crippen LogP contribution in [0.2, 0.25) is 0 Å². The maximum absolute atomic E-state index is 4.10. The van der Waals surface area contributed by atoms with Crippen molar-refractivity contribution in [1.29, 1.82) is 0 Å². The fourth-order valence-electron chi connectivity index (χ4n) is 6.06. The zero-order chi connectivity index (χ0) is 87.5. The van der Waals surface area contributed by atoms with Crippen LogP contribution in [0.5, 0.6) is 0 Å². The molecule has 14 rings (SSSR count). The van der Waals surface area contributed by atoms with E-state index in [2.05, 4.69) is 243 Å². The van der Waals surface area contributed by atoms with Crippen LogP contribution >= 0.6 is 0 Å². The van der Waals surface area contributed by atoms with E-state index in [1.807, 2.05) is 307 Å². The van der Waals surface area contributed by atoms with Crippen molar-refractivity contribution in [3.63, 3.8) is 0 Å². The van der Waals surface area contributed by atoms with E-state index >= 15 is 0 Å². The predicted octanol–water partition coefficient (Wildman–Crippen LogP) is 29.2. The molecule has 0 saturated carbocycles. The molecule has 0 amide bonds. The third-order valence-electron chi connectivity index (χ3n) is 9.14. The number of pyridine rings is 3. The number of aromatic nitrogens is 16. The van der Waals surface area contributed by atoms with Gasteiger partial charge in [-0.25, -0.2) is 38.9 Å². The topological polar surface area (TPSA) is 139 Å². The van der Waals surface area contributed by atoms with Crippen LogP contribution in [0.4, 0.5) is 0 Å². The SMILES string of the molecule is CC.CC.CC.CC.CC.CC.CC.CC(C)(C)C.CC(C)(C)C.CC(C)(C)C.CC(C)(C)C.CC(C)(C)C.CC(C)(C)C.CC(C)C.Cn1ccc2nccn21.c1ccn2cccc2c1.c1ccn2ccnc2c1.c1ccn2nccc2c1.c1cn2ccnc2cn1.c1cnc2cccn2c1.c1cnc2nccn2c1. The Morgan fingerprint density at radius 2 is 0.559 bits per heavy atom. The average Bonchev–Trinajstić information content (AvgIpc) is 1.70. The molecule has 16 heteroatoms. The van der Waals surface area contributed by atoms with Crippen molar-refractivity contribution in [3.05, 3.63) is 239 Å². The molecule has 0 bridgehead atoms. The van der Waals surface area contributed by atoms with Gasteiger partial charge >= 0.3 is 0 Å². The highest BCUT2D eigenvalue weighted by molar-refractivity contribution is 5.47. The minimum atomic E-state index is 0.500. The number of nitrogens with zero attached hydrogens (tertiary/aromatic N) is 16. The van der Waals surface area contributed by atoms with Gasteiger partial charge in [0.1, 0.15) is 11.3 Å². The summed E-state index contributed by atoms with van der Waals surface area (Å²) in [5.41, 5.74) is 9.26. The summed E-state index contributed by atoms with van der Waals surface area (Å²) < 4.78 is 15.6. The summed E-state index contributed by atoms with van der Waals surface area (Å²) in [7, 11) is 1.98. The van der Waals surface area contributed by atoms with Crippen LogP contribution in [0, 0.1) is 38.4 Å². The third kappa shape index (κ3) is 78.7. The van der Waals surface area contributed by atoms with Crippen LogP contribution < -0.4 is 0 Å². The Morgan fingerprint density at radius 1 is 0.252 bits per heavy atom. The molecule has 0 N–H and O–H groups in total. The molecular weight excluding hydrogens is 1370 g/mol. The van der Waals surface area contributed by atoms with Gasteiger partial charge in [0, 0.05) is 149 Å². The molecule has 0 aliphatic rings. The second kappa shape index (κ2) is 67.7. The predicted molar refractivity (Wildman–Crippen MR) is 494 cm³/mol. The van der Waals surface area contributed by atoms with E-state index in [-0.39, 0.29) is 0 Å². The molecule has 16 nitrogen and oxygen atoms in total. The fourth-order valence-corrected chi connectivity index (χ4v) is 6.06. The van der Waals surface area contributed by atoms with Gasteiger partial charge < -0.3 is 17.6 Å². The van der Waals surface area contributed by atoms with Gasteiger partial charge in [-0.2, -0.15) is 5.10 Å². The first kappa shape index (κ1) is 115. The monoisotopic (exact) mass is 1530 g/mol. The van der Waals surface area contributed by atoms with E-state index in [1.54, 1.807) is 55.8 Å². The zero-order valence-corrected chi connectivity index (χ0v) is 78.7. The molecule has 0 radical (unpaired) electrons. The first-order valence-corrected chi connectivity index (χ1v) is 40.5. The minimum absolute atomic E-state index is 0.500. The van der Waals surface area contributed by atoms with Crippen molar-refractivity contribution in [1.82, 2.24) is 75.7 Å². The van der Waals surface area contributed by atoms with Crippen molar-refractivity contribution < 1.29 is 0 Å². The summed E-state index contributed by atoms with van der Waals surface area (Å²) in [6.45, 7) is 87.0. The molecule has 14 aromatic heterocycles. The summed E-state index contributed by atoms with van der Waals surface area (Å²) in [5.74, 6) is 1.58. The number of fused-ring (bicyclic) bond motifs is 7. The van der Waals surface area contributed by atoms with Crippen molar-refractivity contribution >= 4 is 39.4 Å². The van der Waals surface area contributed by atoms with Crippen LogP contribution in [0.3, 0.4) is 0 Å². The Bertz CT molecular complexity index is 3350. The Balaban J connectivity index is -0.000000209. The number of hydrogen-bond acceptors (Lipinski definition) is 8.